The molecule has 6 aromatic rings. The number of nitrogens with zero attached hydrogens (tertiary/aromatic N) is 10. The summed E-state index contributed by atoms with van der Waals surface area (Å²) in [5.41, 5.74) is 3.39. The Morgan fingerprint density at radius 3 is 2.02 bits per heavy atom. The van der Waals surface area contributed by atoms with Gasteiger partial charge in [-0.2, -0.15) is 9.94 Å². The minimum Gasteiger partial charge on any atom is -0.494 e. The molecule has 478 valence electrons. The molecule has 1 saturated heterocycles. The molecule has 1 aliphatic rings. The highest BCUT2D eigenvalue weighted by Gasteiger charge is 2.31. The van der Waals surface area contributed by atoms with Crippen LogP contribution in [-0.4, -0.2) is 218 Å². The van der Waals surface area contributed by atoms with Gasteiger partial charge in [-0.1, -0.05) is 35.5 Å². The van der Waals surface area contributed by atoms with Gasteiger partial charge in [0.1, 0.15) is 23.6 Å². The number of carbonyl (C=O) groups is 5. The number of Topliss-reactive ketones (excluding diaryl/α,β-unsaturated/α-hetero) is 1. The highest BCUT2D eigenvalue weighted by Crippen LogP contribution is 2.33. The maximum Gasteiger partial charge on any atom is 0.313 e. The van der Waals surface area contributed by atoms with E-state index in [-0.39, 0.29) is 88.0 Å². The van der Waals surface area contributed by atoms with Crippen molar-refractivity contribution in [3.63, 3.8) is 0 Å². The van der Waals surface area contributed by atoms with Crippen LogP contribution < -0.4 is 14.8 Å². The number of methoxy groups -OCH3 is 1. The molecule has 5 heterocycles. The number of piperidine rings is 1. The summed E-state index contributed by atoms with van der Waals surface area (Å²) in [6, 6.07) is 12.5. The third-order valence-corrected chi connectivity index (χ3v) is 13.4. The van der Waals surface area contributed by atoms with Gasteiger partial charge in [0.25, 0.3) is 17.6 Å². The van der Waals surface area contributed by atoms with Crippen molar-refractivity contribution >= 4 is 46.0 Å². The number of nitriles is 1. The summed E-state index contributed by atoms with van der Waals surface area (Å²) < 4.78 is 97.4. The fourth-order valence-electron chi connectivity index (χ4n) is 8.89. The number of rotatable bonds is 40. The number of hydrogen-bond acceptors (Lipinski definition) is 21. The Balaban J connectivity index is 0.661. The lowest BCUT2D eigenvalue weighted by atomic mass is 9.93. The van der Waals surface area contributed by atoms with Gasteiger partial charge in [-0.25, -0.2) is 27.8 Å². The molecular formula is C59H71F3N12O15. The molecule has 0 radical (unpaired) electrons. The number of aromatic nitrogens is 8. The summed E-state index contributed by atoms with van der Waals surface area (Å²) in [4.78, 5) is 79.4. The molecule has 2 aromatic carbocycles. The normalized spacial score (nSPS) is 12.3. The van der Waals surface area contributed by atoms with Crippen LogP contribution in [0, 0.1) is 28.8 Å². The van der Waals surface area contributed by atoms with Gasteiger partial charge in [0.05, 0.1) is 166 Å². The highest BCUT2D eigenvalue weighted by molar-refractivity contribution is 6.45. The fourth-order valence-corrected chi connectivity index (χ4v) is 8.89. The molecule has 0 aliphatic carbocycles. The molecule has 0 saturated carbocycles. The number of benzene rings is 2. The summed E-state index contributed by atoms with van der Waals surface area (Å²) in [6.07, 6.45) is 6.97. The predicted octanol–water partition coefficient (Wildman–Crippen LogP) is 4.24. The maximum absolute atomic E-state index is 13.8. The zero-order chi connectivity index (χ0) is 63.2. The van der Waals surface area contributed by atoms with Crippen molar-refractivity contribution < 1.29 is 84.5 Å². The van der Waals surface area contributed by atoms with Crippen LogP contribution in [0.2, 0.25) is 0 Å². The summed E-state index contributed by atoms with van der Waals surface area (Å²) in [5, 5.41) is 25.5. The zero-order valence-corrected chi connectivity index (χ0v) is 49.5. The molecule has 7 rings (SSSR count). The maximum atomic E-state index is 13.8. The molecule has 1 aliphatic heterocycles. The number of esters is 1. The van der Waals surface area contributed by atoms with Crippen LogP contribution in [0.5, 0.6) is 11.5 Å². The van der Waals surface area contributed by atoms with Gasteiger partial charge >= 0.3 is 5.97 Å². The second-order valence-electron chi connectivity index (χ2n) is 19.5. The third kappa shape index (κ3) is 21.3. The SMILES string of the molecule is COc1cnc(-n2cnc(C(=O)NCCCN(CCOCCOCCOCCOCc3cn(CCOCCOCCOCCOCCC(=O)Oc4c(F)cc(F)cc4F)nn3)C(C)=O)n2)c2[nH]cc(C(=O)C(=O)N3CCC(=C(C#N)c4ccccc4)CC3)c12. The van der Waals surface area contributed by atoms with Crippen molar-refractivity contribution in [1.82, 2.24) is 54.8 Å². The van der Waals surface area contributed by atoms with Gasteiger partial charge in [-0.15, -0.1) is 10.2 Å². The van der Waals surface area contributed by atoms with Crippen molar-refractivity contribution in [2.75, 3.05) is 139 Å². The number of nitrogens with one attached hydrogen (secondary N) is 2. The molecular weight excluding hydrogens is 1170 g/mol. The Labute approximate surface area is 510 Å². The van der Waals surface area contributed by atoms with Crippen LogP contribution in [0.1, 0.15) is 64.8 Å². The molecule has 0 unspecified atom stereocenters. The third-order valence-electron chi connectivity index (χ3n) is 13.4. The monoisotopic (exact) mass is 1240 g/mol. The van der Waals surface area contributed by atoms with Crippen LogP contribution in [-0.2, 0) is 65.4 Å². The van der Waals surface area contributed by atoms with Gasteiger partial charge in [0, 0.05) is 58.0 Å². The lowest BCUT2D eigenvalue weighted by molar-refractivity contribution is -0.136. The number of aromatic amines is 1. The lowest BCUT2D eigenvalue weighted by Crippen LogP contribution is -2.40. The van der Waals surface area contributed by atoms with Gasteiger partial charge in [-0.05, 0) is 30.4 Å². The van der Waals surface area contributed by atoms with E-state index in [1.165, 1.54) is 42.3 Å². The number of pyridine rings is 1. The molecule has 0 bridgehead atoms. The lowest BCUT2D eigenvalue weighted by Gasteiger charge is -2.28. The molecule has 30 heteroatoms. The molecule has 1 fully saturated rings. The summed E-state index contributed by atoms with van der Waals surface area (Å²) in [7, 11) is 1.42. The molecule has 0 atom stereocenters. The number of halogens is 3. The Hall–Kier alpha value is -8.54. The molecule has 4 aromatic heterocycles. The second-order valence-corrected chi connectivity index (χ2v) is 19.5. The molecule has 2 N–H and O–H groups in total. The van der Waals surface area contributed by atoms with E-state index in [0.717, 1.165) is 11.1 Å². The van der Waals surface area contributed by atoms with E-state index in [2.05, 4.69) is 46.5 Å². The van der Waals surface area contributed by atoms with Crippen LogP contribution in [0.25, 0.3) is 22.3 Å². The first-order valence-electron chi connectivity index (χ1n) is 28.7. The van der Waals surface area contributed by atoms with Gasteiger partial charge < -0.3 is 67.5 Å². The number of allylic oxidation sites excluding steroid dienone is 1. The molecule has 27 nitrogen and oxygen atoms in total. The van der Waals surface area contributed by atoms with Crippen LogP contribution in [0.15, 0.2) is 73.0 Å². The molecule has 0 spiro atoms. The number of amides is 3. The van der Waals surface area contributed by atoms with Crippen molar-refractivity contribution in [2.45, 2.75) is 45.8 Å². The number of ketones is 1. The first-order valence-corrected chi connectivity index (χ1v) is 28.7. The smallest absolute Gasteiger partial charge is 0.313 e. The van der Waals surface area contributed by atoms with E-state index in [1.54, 1.807) is 15.8 Å². The summed E-state index contributed by atoms with van der Waals surface area (Å²) in [5.74, 6) is -7.48. The van der Waals surface area contributed by atoms with Crippen molar-refractivity contribution in [3.8, 4) is 23.4 Å². The van der Waals surface area contributed by atoms with E-state index in [4.69, 9.17) is 42.6 Å². The molecule has 89 heavy (non-hydrogen) atoms. The Morgan fingerprint density at radius 1 is 0.775 bits per heavy atom. The minimum absolute atomic E-state index is 0.0625. The summed E-state index contributed by atoms with van der Waals surface area (Å²) in [6.45, 7) is 8.12. The van der Waals surface area contributed by atoms with Crippen LogP contribution >= 0.6 is 0 Å². The quantitative estimate of drug-likeness (QED) is 0.0136. The number of ether oxygens (including phenoxy) is 10. The largest absolute Gasteiger partial charge is 0.494 e. The van der Waals surface area contributed by atoms with Crippen molar-refractivity contribution in [2.24, 2.45) is 0 Å². The van der Waals surface area contributed by atoms with E-state index >= 15 is 0 Å². The van der Waals surface area contributed by atoms with Crippen LogP contribution in [0.4, 0.5) is 13.2 Å². The number of likely N-dealkylation sites (tertiary alicyclic amines) is 1. The van der Waals surface area contributed by atoms with E-state index in [1.807, 2.05) is 30.3 Å². The Morgan fingerprint density at radius 2 is 1.39 bits per heavy atom. The number of carbonyl (C=O) groups excluding carboxylic acids is 5. The van der Waals surface area contributed by atoms with Crippen LogP contribution in [0.3, 0.4) is 0 Å². The van der Waals surface area contributed by atoms with E-state index in [9.17, 15) is 42.4 Å². The standard InChI is InChI=1S/C59H71F3N12O15/c1-41(75)71(13-6-12-64-58(78)56-67-40-74(69-56)57-53-52(50(80-2)37-66-57)47(36-65-53)54(77)59(79)72-14-9-43(10-15-72)46(35-63)42-7-4-3-5-8-42)16-19-82-22-25-85-29-30-87-31-32-88-39-45-38-73(70-68-45)17-20-83-23-26-86-28-27-84-24-21-81-18-11-51(76)89-55-48(61)33-44(60)34-49(55)62/h3-5,7-8,33-34,36-38,40,65H,6,9-32,39H2,1-2H3,(H,64,78). The average Bonchev–Trinajstić information content (AvgIpc) is 1.73. The van der Waals surface area contributed by atoms with Gasteiger partial charge in [-0.3, -0.25) is 24.0 Å². The minimum atomic E-state index is -1.32. The van der Waals surface area contributed by atoms with E-state index < -0.39 is 46.8 Å². The van der Waals surface area contributed by atoms with E-state index in [0.29, 0.717) is 146 Å². The first-order chi connectivity index (χ1) is 43.3. The molecule has 3 amide bonds. The predicted molar refractivity (Wildman–Crippen MR) is 308 cm³/mol. The van der Waals surface area contributed by atoms with Crippen molar-refractivity contribution in [1.29, 1.82) is 5.26 Å². The number of fused-ring (bicyclic) bond motifs is 1. The first kappa shape index (κ1) is 68.0. The topological polar surface area (TPSA) is 310 Å². The van der Waals surface area contributed by atoms with Crippen molar-refractivity contribution in [3.05, 3.63) is 113 Å². The number of hydrogen-bond donors (Lipinski definition) is 2. The second kappa shape index (κ2) is 36.7. The summed E-state index contributed by atoms with van der Waals surface area (Å²) >= 11 is 0. The Kier molecular flexibility index (Phi) is 28.0. The van der Waals surface area contributed by atoms with Gasteiger partial charge in [0.15, 0.2) is 17.5 Å². The Bertz CT molecular complexity index is 3310. The van der Waals surface area contributed by atoms with Gasteiger partial charge in [0.2, 0.25) is 17.5 Å². The highest BCUT2D eigenvalue weighted by atomic mass is 19.1. The fraction of sp³-hybridized carbons (Fsp3) is 0.475. The zero-order valence-electron chi connectivity index (χ0n) is 49.5. The average molecular weight is 1250 g/mol. The number of H-pyrrole nitrogens is 1.